The van der Waals surface area contributed by atoms with Crippen molar-refractivity contribution in [3.63, 3.8) is 0 Å². The number of nitrogens with zero attached hydrogens (tertiary/aromatic N) is 5. The van der Waals surface area contributed by atoms with Crippen LogP contribution in [0.15, 0.2) is 170 Å². The van der Waals surface area contributed by atoms with Gasteiger partial charge in [0.1, 0.15) is 11.6 Å². The lowest BCUT2D eigenvalue weighted by molar-refractivity contribution is -0.571. The molecule has 0 N–H and O–H groups in total. The molecule has 0 amide bonds. The molecule has 10 aromatic rings. The first-order valence-electron chi connectivity index (χ1n) is 25.9. The lowest BCUT2D eigenvalue weighted by atomic mass is 9.78. The van der Waals surface area contributed by atoms with Crippen LogP contribution < -0.4 is 9.30 Å². The van der Waals surface area contributed by atoms with Crippen LogP contribution in [0, 0.1) is 11.7 Å². The van der Waals surface area contributed by atoms with Gasteiger partial charge in [0.15, 0.2) is 0 Å². The smallest absolute Gasteiger partial charge is 0.269 e. The van der Waals surface area contributed by atoms with Crippen LogP contribution in [-0.4, -0.2) is 19.1 Å². The van der Waals surface area contributed by atoms with Gasteiger partial charge in [-0.1, -0.05) is 171 Å². The van der Waals surface area contributed by atoms with Crippen molar-refractivity contribution in [2.75, 3.05) is 0 Å². The van der Waals surface area contributed by atoms with Crippen molar-refractivity contribution in [3.8, 4) is 51.1 Å². The summed E-state index contributed by atoms with van der Waals surface area (Å²) in [5.41, 5.74) is 8.63. The second kappa shape index (κ2) is 16.3. The monoisotopic (exact) mass is 871 g/mol. The van der Waals surface area contributed by atoms with E-state index in [0.29, 0.717) is 39.9 Å². The van der Waals surface area contributed by atoms with Gasteiger partial charge in [-0.05, 0) is 98.0 Å². The van der Waals surface area contributed by atoms with E-state index in [0.717, 1.165) is 55.1 Å². The molecule has 0 unspecified atom stereocenters. The highest BCUT2D eigenvalue weighted by Crippen LogP contribution is 2.40. The molecule has 0 spiro atoms. The zero-order valence-corrected chi connectivity index (χ0v) is 38.9. The Morgan fingerprint density at radius 3 is 2.02 bits per heavy atom. The van der Waals surface area contributed by atoms with Gasteiger partial charge >= 0.3 is 0 Å². The van der Waals surface area contributed by atoms with Gasteiger partial charge in [0.25, 0.3) is 6.33 Å². The molecule has 0 saturated carbocycles. The maximum Gasteiger partial charge on any atom is 0.269 e. The van der Waals surface area contributed by atoms with E-state index in [2.05, 4.69) is 77.1 Å². The van der Waals surface area contributed by atoms with Gasteiger partial charge in [0.2, 0.25) is 5.88 Å². The zero-order valence-electron chi connectivity index (χ0n) is 45.9. The number of rotatable bonds is 8. The van der Waals surface area contributed by atoms with Crippen molar-refractivity contribution >= 4 is 32.8 Å². The van der Waals surface area contributed by atoms with E-state index in [1.165, 1.54) is 0 Å². The van der Waals surface area contributed by atoms with Crippen LogP contribution >= 0.6 is 0 Å². The minimum absolute atomic E-state index is 0.0912. The molecule has 0 fully saturated rings. The molecule has 4 aromatic heterocycles. The second-order valence-corrected chi connectivity index (χ2v) is 20.0. The average Bonchev–Trinajstić information content (AvgIpc) is 3.90. The second-order valence-electron chi connectivity index (χ2n) is 20.0. The van der Waals surface area contributed by atoms with Crippen molar-refractivity contribution in [3.05, 3.63) is 193 Å². The van der Waals surface area contributed by atoms with Crippen LogP contribution in [0.4, 0.5) is 0 Å². The molecule has 0 atom stereocenters. The summed E-state index contributed by atoms with van der Waals surface area (Å²) >= 11 is 0. The van der Waals surface area contributed by atoms with Gasteiger partial charge in [-0.2, -0.15) is 0 Å². The van der Waals surface area contributed by atoms with Gasteiger partial charge in [-0.15, -0.1) is 0 Å². The molecule has 6 aromatic carbocycles. The molecule has 0 radical (unpaired) electrons. The van der Waals surface area contributed by atoms with Gasteiger partial charge in [0.05, 0.1) is 40.3 Å². The molecule has 0 aliphatic rings. The van der Waals surface area contributed by atoms with E-state index in [4.69, 9.17) is 16.6 Å². The molecule has 4 heterocycles. The lowest BCUT2D eigenvalue weighted by Gasteiger charge is -2.27. The SMILES string of the molecule is [2H]c1c([2H])c([2H])c(-c2cccc(-c3cc(C(C)(C)C)cc(C(C)(C)C)c3)c2-[n+]2[c-]n(-c3ccnc(Oc4ccc5c6ccccc6n(-c6cc(C([2H])([2H])C(C)(C)C)ccn6)c5c4)c3)c3ccccc32)c([2H])c1[2H]. The summed E-state index contributed by atoms with van der Waals surface area (Å²) < 4.78 is 74.9. The van der Waals surface area contributed by atoms with E-state index in [1.54, 1.807) is 18.5 Å². The quantitative estimate of drug-likeness (QED) is 0.113. The molecule has 6 nitrogen and oxygen atoms in total. The Morgan fingerprint density at radius 2 is 1.29 bits per heavy atom. The Kier molecular flexibility index (Phi) is 8.64. The molecular weight excluding hydrogens is 807 g/mol. The first-order valence-corrected chi connectivity index (χ1v) is 22.4. The highest BCUT2D eigenvalue weighted by atomic mass is 16.5. The van der Waals surface area contributed by atoms with E-state index in [9.17, 15) is 2.74 Å². The Labute approximate surface area is 398 Å². The van der Waals surface area contributed by atoms with Crippen molar-refractivity contribution in [2.24, 2.45) is 5.41 Å². The highest BCUT2D eigenvalue weighted by molar-refractivity contribution is 6.09. The maximum atomic E-state index is 9.20. The minimum Gasteiger partial charge on any atom is -0.440 e. The number of para-hydroxylation sites is 4. The fraction of sp³-hybridized carbons (Fsp3) is 0.217. The highest BCUT2D eigenvalue weighted by Gasteiger charge is 2.25. The fourth-order valence-electron chi connectivity index (χ4n) is 8.70. The van der Waals surface area contributed by atoms with E-state index in [1.807, 2.05) is 132 Å². The van der Waals surface area contributed by atoms with Gasteiger partial charge in [-0.25, -0.2) is 9.97 Å². The Morgan fingerprint density at radius 1 is 0.621 bits per heavy atom. The number of pyridine rings is 2. The zero-order chi connectivity index (χ0) is 52.1. The van der Waals surface area contributed by atoms with Crippen LogP contribution in [-0.2, 0) is 17.2 Å². The van der Waals surface area contributed by atoms with Crippen LogP contribution in [0.3, 0.4) is 0 Å². The summed E-state index contributed by atoms with van der Waals surface area (Å²) in [5.74, 6) is 1.44. The van der Waals surface area contributed by atoms with E-state index in [-0.39, 0.29) is 28.5 Å². The number of aromatic nitrogens is 5. The van der Waals surface area contributed by atoms with Crippen LogP contribution in [0.25, 0.3) is 72.3 Å². The fourth-order valence-corrected chi connectivity index (χ4v) is 8.70. The normalized spacial score (nSPS) is 14.1. The van der Waals surface area contributed by atoms with Crippen molar-refractivity contribution in [1.29, 1.82) is 0 Å². The first kappa shape index (κ1) is 35.0. The van der Waals surface area contributed by atoms with Gasteiger partial charge in [0, 0.05) is 38.0 Å². The third kappa shape index (κ3) is 8.17. The molecule has 0 aliphatic heterocycles. The number of benzene rings is 6. The third-order valence-electron chi connectivity index (χ3n) is 11.9. The summed E-state index contributed by atoms with van der Waals surface area (Å²) in [5, 5.41) is 2.00. The molecule has 10 rings (SSSR count). The molecule has 328 valence electrons. The molecule has 66 heavy (non-hydrogen) atoms. The lowest BCUT2D eigenvalue weighted by Crippen LogP contribution is -2.31. The number of fused-ring (bicyclic) bond motifs is 4. The predicted octanol–water partition coefficient (Wildman–Crippen LogP) is 14.9. The Hall–Kier alpha value is -7.31. The molecule has 0 bridgehead atoms. The van der Waals surface area contributed by atoms with Crippen molar-refractivity contribution in [2.45, 2.75) is 79.5 Å². The summed E-state index contributed by atoms with van der Waals surface area (Å²) in [7, 11) is 0. The minimum atomic E-state index is -1.62. The number of imidazole rings is 1. The van der Waals surface area contributed by atoms with Crippen LogP contribution in [0.1, 0.15) is 88.6 Å². The van der Waals surface area contributed by atoms with Crippen LogP contribution in [0.5, 0.6) is 11.6 Å². The summed E-state index contributed by atoms with van der Waals surface area (Å²) in [6.45, 7) is 18.8. The standard InChI is InChI=1S/C60H57N5O/c1-58(2,3)38-40-28-30-61-55(32-40)65-51-23-14-13-20-49(51)50-27-26-46(37-54(50)65)66-56-36-45(29-31-62-56)63-39-64(53-25-16-15-24-52(53)63)57-47(41-18-11-10-12-19-41)21-17-22-48(57)42-33-43(59(4,5)6)35-44(34-42)60(7,8)9/h10-37H,38H2,1-9H3/i10D,11D,12D,18D,19D,38D2. The molecule has 0 saturated heterocycles. The number of hydrogen-bond acceptors (Lipinski definition) is 3. The largest absolute Gasteiger partial charge is 0.440 e. The average molecular weight is 871 g/mol. The third-order valence-corrected chi connectivity index (χ3v) is 11.9. The Balaban J connectivity index is 1.14. The number of hydrogen-bond donors (Lipinski definition) is 0. The summed E-state index contributed by atoms with van der Waals surface area (Å²) in [6.07, 6.45) is 5.38. The first-order chi connectivity index (χ1) is 34.4. The van der Waals surface area contributed by atoms with Gasteiger partial charge < -0.3 is 4.74 Å². The maximum absolute atomic E-state index is 9.20. The molecule has 6 heteroatoms. The summed E-state index contributed by atoms with van der Waals surface area (Å²) in [4.78, 5) is 9.44. The molecular formula is C60H57N5O. The topological polar surface area (TPSA) is 48.8 Å². The van der Waals surface area contributed by atoms with Crippen molar-refractivity contribution in [1.82, 2.24) is 19.1 Å². The Bertz CT molecular complexity index is 3770. The van der Waals surface area contributed by atoms with Gasteiger partial charge in [-0.3, -0.25) is 13.7 Å². The van der Waals surface area contributed by atoms with Crippen LogP contribution in [0.2, 0.25) is 0 Å². The number of ether oxygens (including phenoxy) is 1. The summed E-state index contributed by atoms with van der Waals surface area (Å²) in [6, 6.07) is 39.7. The molecule has 0 aliphatic carbocycles. The van der Waals surface area contributed by atoms with Crippen molar-refractivity contribution < 1.29 is 18.9 Å². The van der Waals surface area contributed by atoms with E-state index >= 15 is 0 Å². The van der Waals surface area contributed by atoms with E-state index < -0.39 is 29.9 Å². The predicted molar refractivity (Wildman–Crippen MR) is 272 cm³/mol.